The van der Waals surface area contributed by atoms with Crippen LogP contribution in [0.15, 0.2) is 18.2 Å². The largest absolute Gasteiger partial charge is 0.490 e. The van der Waals surface area contributed by atoms with Crippen LogP contribution in [0.5, 0.6) is 5.75 Å². The van der Waals surface area contributed by atoms with E-state index in [2.05, 4.69) is 0 Å². The topological polar surface area (TPSA) is 76.0 Å². The molecule has 0 spiro atoms. The van der Waals surface area contributed by atoms with Crippen LogP contribution in [0.2, 0.25) is 0 Å². The molecule has 0 aromatic heterocycles. The van der Waals surface area contributed by atoms with Crippen molar-refractivity contribution < 1.29 is 24.5 Å². The number of carboxylic acid groups (broad SMARTS) is 1. The first-order valence-electron chi connectivity index (χ1n) is 5.19. The average molecular weight is 240 g/mol. The molecule has 0 saturated carbocycles. The number of carboxylic acids is 1. The summed E-state index contributed by atoms with van der Waals surface area (Å²) in [5.74, 6) is -0.764. The Morgan fingerprint density at radius 3 is 2.71 bits per heavy atom. The van der Waals surface area contributed by atoms with Crippen LogP contribution in [-0.2, 0) is 4.74 Å². The highest BCUT2D eigenvalue weighted by Gasteiger charge is 2.14. The van der Waals surface area contributed by atoms with Crippen molar-refractivity contribution in [1.82, 2.24) is 0 Å². The van der Waals surface area contributed by atoms with E-state index in [1.165, 1.54) is 13.2 Å². The van der Waals surface area contributed by atoms with Gasteiger partial charge >= 0.3 is 5.97 Å². The third-order valence-electron chi connectivity index (χ3n) is 2.22. The van der Waals surface area contributed by atoms with Gasteiger partial charge in [0, 0.05) is 7.11 Å². The molecular weight excluding hydrogens is 224 g/mol. The van der Waals surface area contributed by atoms with Gasteiger partial charge in [-0.2, -0.15) is 0 Å². The predicted octanol–water partition coefficient (Wildman–Crippen LogP) is 1.08. The van der Waals surface area contributed by atoms with Crippen LogP contribution >= 0.6 is 0 Å². The van der Waals surface area contributed by atoms with Gasteiger partial charge in [-0.25, -0.2) is 4.79 Å². The number of methoxy groups -OCH3 is 1. The molecule has 1 aromatic carbocycles. The summed E-state index contributed by atoms with van der Waals surface area (Å²) < 4.78 is 10.1. The van der Waals surface area contributed by atoms with Crippen molar-refractivity contribution in [3.05, 3.63) is 29.3 Å². The number of hydrogen-bond donors (Lipinski definition) is 2. The lowest BCUT2D eigenvalue weighted by molar-refractivity contribution is 0.0317. The lowest BCUT2D eigenvalue weighted by Gasteiger charge is -2.14. The van der Waals surface area contributed by atoms with Gasteiger partial charge < -0.3 is 19.7 Å². The van der Waals surface area contributed by atoms with E-state index in [0.29, 0.717) is 0 Å². The second-order valence-corrected chi connectivity index (χ2v) is 3.68. The highest BCUT2D eigenvalue weighted by molar-refractivity contribution is 5.91. The molecule has 17 heavy (non-hydrogen) atoms. The average Bonchev–Trinajstić information content (AvgIpc) is 2.27. The molecule has 1 aromatic rings. The Bertz CT molecular complexity index is 388. The summed E-state index contributed by atoms with van der Waals surface area (Å²) in [6.45, 7) is 1.90. The van der Waals surface area contributed by atoms with Crippen LogP contribution in [0.4, 0.5) is 0 Å². The molecule has 0 heterocycles. The van der Waals surface area contributed by atoms with Crippen LogP contribution in [0.3, 0.4) is 0 Å². The molecule has 0 aliphatic carbocycles. The molecule has 1 atom stereocenters. The maximum absolute atomic E-state index is 11.0. The summed E-state index contributed by atoms with van der Waals surface area (Å²) in [5.41, 5.74) is 0.809. The molecule has 94 valence electrons. The number of para-hydroxylation sites is 1. The normalized spacial score (nSPS) is 12.2. The summed E-state index contributed by atoms with van der Waals surface area (Å²) >= 11 is 0. The highest BCUT2D eigenvalue weighted by Crippen LogP contribution is 2.23. The van der Waals surface area contributed by atoms with Crippen molar-refractivity contribution in [3.8, 4) is 5.75 Å². The van der Waals surface area contributed by atoms with Crippen molar-refractivity contribution >= 4 is 5.97 Å². The van der Waals surface area contributed by atoms with Crippen molar-refractivity contribution in [3.63, 3.8) is 0 Å². The Kier molecular flexibility index (Phi) is 4.93. The molecule has 0 amide bonds. The highest BCUT2D eigenvalue weighted by atomic mass is 16.5. The fraction of sp³-hybridized carbons (Fsp3) is 0.417. The van der Waals surface area contributed by atoms with Crippen LogP contribution in [0.1, 0.15) is 15.9 Å². The van der Waals surface area contributed by atoms with Gasteiger partial charge in [0.15, 0.2) is 0 Å². The molecule has 0 aliphatic heterocycles. The zero-order valence-electron chi connectivity index (χ0n) is 9.84. The lowest BCUT2D eigenvalue weighted by atomic mass is 10.1. The molecule has 0 saturated heterocycles. The molecule has 0 bridgehead atoms. The molecule has 5 heteroatoms. The summed E-state index contributed by atoms with van der Waals surface area (Å²) in [4.78, 5) is 11.0. The van der Waals surface area contributed by atoms with Gasteiger partial charge in [0.2, 0.25) is 0 Å². The van der Waals surface area contributed by atoms with Gasteiger partial charge in [-0.3, -0.25) is 0 Å². The van der Waals surface area contributed by atoms with Crippen LogP contribution in [0, 0.1) is 6.92 Å². The van der Waals surface area contributed by atoms with E-state index in [4.69, 9.17) is 14.6 Å². The van der Waals surface area contributed by atoms with Gasteiger partial charge in [0.1, 0.15) is 24.0 Å². The predicted molar refractivity (Wildman–Crippen MR) is 61.5 cm³/mol. The minimum absolute atomic E-state index is 0.00102. The van der Waals surface area contributed by atoms with Crippen molar-refractivity contribution in [2.24, 2.45) is 0 Å². The second-order valence-electron chi connectivity index (χ2n) is 3.68. The van der Waals surface area contributed by atoms with E-state index in [1.54, 1.807) is 19.1 Å². The Labute approximate surface area is 99.6 Å². The minimum Gasteiger partial charge on any atom is -0.490 e. The third kappa shape index (κ3) is 3.72. The quantitative estimate of drug-likeness (QED) is 0.778. The molecule has 5 nitrogen and oxygen atoms in total. The SMILES string of the molecule is COCC(O)COc1c(C)cccc1C(=O)O. The first-order valence-corrected chi connectivity index (χ1v) is 5.19. The van der Waals surface area contributed by atoms with E-state index < -0.39 is 12.1 Å². The number of aryl methyl sites for hydroxylation is 1. The number of carbonyl (C=O) groups is 1. The van der Waals surface area contributed by atoms with E-state index in [0.717, 1.165) is 5.56 Å². The van der Waals surface area contributed by atoms with Gasteiger partial charge in [-0.15, -0.1) is 0 Å². The fourth-order valence-electron chi connectivity index (χ4n) is 1.43. The maximum atomic E-state index is 11.0. The fourth-order valence-corrected chi connectivity index (χ4v) is 1.43. The van der Waals surface area contributed by atoms with E-state index in [9.17, 15) is 9.90 Å². The Morgan fingerprint density at radius 2 is 2.12 bits per heavy atom. The lowest BCUT2D eigenvalue weighted by Crippen LogP contribution is -2.23. The number of aliphatic hydroxyl groups is 1. The molecule has 0 fully saturated rings. The number of benzene rings is 1. The summed E-state index contributed by atoms with van der Waals surface area (Å²) in [6.07, 6.45) is -0.777. The molecule has 1 rings (SSSR count). The zero-order valence-corrected chi connectivity index (χ0v) is 9.84. The number of rotatable bonds is 6. The number of aliphatic hydroxyl groups excluding tert-OH is 1. The monoisotopic (exact) mass is 240 g/mol. The van der Waals surface area contributed by atoms with Gasteiger partial charge in [-0.1, -0.05) is 12.1 Å². The number of aromatic carboxylic acids is 1. The standard InChI is InChI=1S/C12H16O5/c1-8-4-3-5-10(12(14)15)11(8)17-7-9(13)6-16-2/h3-5,9,13H,6-7H2,1-2H3,(H,14,15). The summed E-state index contributed by atoms with van der Waals surface area (Å²) in [7, 11) is 1.47. The van der Waals surface area contributed by atoms with E-state index in [-0.39, 0.29) is 24.5 Å². The summed E-state index contributed by atoms with van der Waals surface area (Å²) in [6, 6.07) is 4.87. The third-order valence-corrected chi connectivity index (χ3v) is 2.22. The smallest absolute Gasteiger partial charge is 0.339 e. The van der Waals surface area contributed by atoms with Crippen molar-refractivity contribution in [2.45, 2.75) is 13.0 Å². The minimum atomic E-state index is -1.05. The van der Waals surface area contributed by atoms with E-state index in [1.807, 2.05) is 0 Å². The van der Waals surface area contributed by atoms with Crippen LogP contribution in [0.25, 0.3) is 0 Å². The molecular formula is C12H16O5. The Hall–Kier alpha value is -1.59. The second kappa shape index (κ2) is 6.22. The summed E-state index contributed by atoms with van der Waals surface area (Å²) in [5, 5.41) is 18.4. The van der Waals surface area contributed by atoms with Gasteiger partial charge in [0.05, 0.1) is 6.61 Å². The van der Waals surface area contributed by atoms with Crippen molar-refractivity contribution in [1.29, 1.82) is 0 Å². The Balaban J connectivity index is 2.79. The Morgan fingerprint density at radius 1 is 1.41 bits per heavy atom. The molecule has 0 radical (unpaired) electrons. The van der Waals surface area contributed by atoms with Gasteiger partial charge in [0.25, 0.3) is 0 Å². The zero-order chi connectivity index (χ0) is 12.8. The van der Waals surface area contributed by atoms with Crippen LogP contribution < -0.4 is 4.74 Å². The number of ether oxygens (including phenoxy) is 2. The number of hydrogen-bond acceptors (Lipinski definition) is 4. The van der Waals surface area contributed by atoms with Gasteiger partial charge in [-0.05, 0) is 18.6 Å². The first-order chi connectivity index (χ1) is 8.06. The van der Waals surface area contributed by atoms with Crippen molar-refractivity contribution in [2.75, 3.05) is 20.3 Å². The van der Waals surface area contributed by atoms with E-state index >= 15 is 0 Å². The van der Waals surface area contributed by atoms with Crippen LogP contribution in [-0.4, -0.2) is 42.6 Å². The maximum Gasteiger partial charge on any atom is 0.339 e. The molecule has 0 aliphatic rings. The molecule has 1 unspecified atom stereocenters. The molecule has 2 N–H and O–H groups in total. The first kappa shape index (κ1) is 13.5.